The first-order valence-electron chi connectivity index (χ1n) is 6.07. The van der Waals surface area contributed by atoms with Crippen LogP contribution in [0, 0.1) is 5.82 Å². The van der Waals surface area contributed by atoms with Crippen LogP contribution < -0.4 is 5.32 Å². The second-order valence-electron chi connectivity index (χ2n) is 4.56. The average molecular weight is 300 g/mol. The molecule has 0 amide bonds. The molecule has 19 heavy (non-hydrogen) atoms. The minimum absolute atomic E-state index is 0.0153. The van der Waals surface area contributed by atoms with Crippen molar-refractivity contribution in [2.45, 2.75) is 18.9 Å². The molecule has 2 aromatic rings. The molecule has 1 aliphatic rings. The summed E-state index contributed by atoms with van der Waals surface area (Å²) in [6.07, 6.45) is 5.71. The van der Waals surface area contributed by atoms with Crippen molar-refractivity contribution in [3.05, 3.63) is 46.2 Å². The molecule has 100 valence electrons. The molecule has 3 rings (SSSR count). The van der Waals surface area contributed by atoms with Gasteiger partial charge >= 0.3 is 0 Å². The Morgan fingerprint density at radius 3 is 2.68 bits per heavy atom. The van der Waals surface area contributed by atoms with E-state index in [4.69, 9.17) is 23.2 Å². The molecule has 1 aliphatic heterocycles. The van der Waals surface area contributed by atoms with Gasteiger partial charge in [-0.2, -0.15) is 0 Å². The van der Waals surface area contributed by atoms with E-state index in [0.717, 1.165) is 30.8 Å². The lowest BCUT2D eigenvalue weighted by molar-refractivity contribution is 0.613. The van der Waals surface area contributed by atoms with Crippen LogP contribution in [0.5, 0.6) is 0 Å². The molecule has 0 aliphatic carbocycles. The molecule has 0 spiro atoms. The Morgan fingerprint density at radius 2 is 2.05 bits per heavy atom. The molecule has 0 saturated carbocycles. The quantitative estimate of drug-likeness (QED) is 0.856. The van der Waals surface area contributed by atoms with Gasteiger partial charge in [-0.25, -0.2) is 9.37 Å². The predicted molar refractivity (Wildman–Crippen MR) is 73.5 cm³/mol. The van der Waals surface area contributed by atoms with Crippen molar-refractivity contribution >= 4 is 23.2 Å². The van der Waals surface area contributed by atoms with Crippen LogP contribution in [-0.4, -0.2) is 16.1 Å². The summed E-state index contributed by atoms with van der Waals surface area (Å²) in [7, 11) is 0. The first-order chi connectivity index (χ1) is 9.16. The number of hydrogen-bond acceptors (Lipinski definition) is 2. The van der Waals surface area contributed by atoms with E-state index in [2.05, 4.69) is 10.3 Å². The third-order valence-electron chi connectivity index (χ3n) is 3.33. The van der Waals surface area contributed by atoms with Crippen LogP contribution in [0.15, 0.2) is 24.7 Å². The van der Waals surface area contributed by atoms with Gasteiger partial charge in [0.15, 0.2) is 5.82 Å². The molecular weight excluding hydrogens is 288 g/mol. The lowest BCUT2D eigenvalue weighted by Gasteiger charge is -2.14. The zero-order valence-electron chi connectivity index (χ0n) is 10.0. The molecule has 0 bridgehead atoms. The normalized spacial score (nSPS) is 19.0. The molecule has 3 nitrogen and oxygen atoms in total. The Morgan fingerprint density at radius 1 is 1.32 bits per heavy atom. The Balaban J connectivity index is 2.05. The van der Waals surface area contributed by atoms with Gasteiger partial charge in [-0.05, 0) is 31.5 Å². The van der Waals surface area contributed by atoms with E-state index in [1.807, 2.05) is 10.8 Å². The second kappa shape index (κ2) is 5.12. The maximum absolute atomic E-state index is 13.5. The third-order valence-corrected chi connectivity index (χ3v) is 3.88. The molecule has 1 fully saturated rings. The fourth-order valence-corrected chi connectivity index (χ4v) is 2.87. The van der Waals surface area contributed by atoms with Crippen molar-refractivity contribution in [2.24, 2.45) is 0 Å². The monoisotopic (exact) mass is 299 g/mol. The van der Waals surface area contributed by atoms with Crippen LogP contribution in [0.4, 0.5) is 4.39 Å². The number of hydrogen-bond donors (Lipinski definition) is 1. The Labute approximate surface area is 120 Å². The molecule has 1 aromatic heterocycles. The van der Waals surface area contributed by atoms with Crippen LogP contribution in [0.25, 0.3) is 5.69 Å². The van der Waals surface area contributed by atoms with Crippen molar-refractivity contribution < 1.29 is 4.39 Å². The third kappa shape index (κ3) is 2.36. The first kappa shape index (κ1) is 12.9. The Hall–Kier alpha value is -1.10. The molecule has 1 saturated heterocycles. The highest BCUT2D eigenvalue weighted by Gasteiger charge is 2.21. The van der Waals surface area contributed by atoms with Gasteiger partial charge in [-0.1, -0.05) is 23.2 Å². The number of rotatable bonds is 2. The second-order valence-corrected chi connectivity index (χ2v) is 5.38. The number of benzene rings is 1. The maximum atomic E-state index is 13.5. The standard InChI is InChI=1S/C13H12Cl2FN3/c14-9-4-8(5-10(15)13(9)16)19-7-17-6-12(19)11-2-1-3-18-11/h4-7,11,18H,1-3H2. The van der Waals surface area contributed by atoms with Crippen LogP contribution in [0.1, 0.15) is 24.6 Å². The number of imidazole rings is 1. The van der Waals surface area contributed by atoms with E-state index in [1.165, 1.54) is 0 Å². The number of nitrogens with zero attached hydrogens (tertiary/aromatic N) is 2. The van der Waals surface area contributed by atoms with Gasteiger partial charge in [0.25, 0.3) is 0 Å². The fourth-order valence-electron chi connectivity index (χ4n) is 2.40. The molecule has 0 radical (unpaired) electrons. The summed E-state index contributed by atoms with van der Waals surface area (Å²) in [6, 6.07) is 3.39. The van der Waals surface area contributed by atoms with Gasteiger partial charge in [0.05, 0.1) is 28.3 Å². The van der Waals surface area contributed by atoms with Gasteiger partial charge in [0, 0.05) is 11.7 Å². The number of halogens is 3. The zero-order valence-corrected chi connectivity index (χ0v) is 11.5. The van der Waals surface area contributed by atoms with Gasteiger partial charge in [-0.15, -0.1) is 0 Å². The minimum atomic E-state index is -0.590. The molecular formula is C13H12Cl2FN3. The highest BCUT2D eigenvalue weighted by atomic mass is 35.5. The largest absolute Gasteiger partial charge is 0.309 e. The number of aromatic nitrogens is 2. The Kier molecular flexibility index (Phi) is 3.48. The van der Waals surface area contributed by atoms with Gasteiger partial charge in [-0.3, -0.25) is 0 Å². The molecule has 2 heterocycles. The topological polar surface area (TPSA) is 29.9 Å². The van der Waals surface area contributed by atoms with Gasteiger partial charge in [0.1, 0.15) is 0 Å². The van der Waals surface area contributed by atoms with Crippen LogP contribution >= 0.6 is 23.2 Å². The van der Waals surface area contributed by atoms with Crippen LogP contribution in [0.2, 0.25) is 10.0 Å². The van der Waals surface area contributed by atoms with E-state index in [-0.39, 0.29) is 16.1 Å². The summed E-state index contributed by atoms with van der Waals surface area (Å²) in [6.45, 7) is 1.00. The maximum Gasteiger partial charge on any atom is 0.160 e. The van der Waals surface area contributed by atoms with Crippen LogP contribution in [0.3, 0.4) is 0 Å². The smallest absolute Gasteiger partial charge is 0.160 e. The lowest BCUT2D eigenvalue weighted by atomic mass is 10.1. The van der Waals surface area contributed by atoms with E-state index >= 15 is 0 Å². The summed E-state index contributed by atoms with van der Waals surface area (Å²) in [5, 5.41) is 3.44. The van der Waals surface area contributed by atoms with E-state index in [0.29, 0.717) is 0 Å². The first-order valence-corrected chi connectivity index (χ1v) is 6.83. The summed E-state index contributed by atoms with van der Waals surface area (Å²) < 4.78 is 15.3. The fraction of sp³-hybridized carbons (Fsp3) is 0.308. The van der Waals surface area contributed by atoms with E-state index in [1.54, 1.807) is 18.5 Å². The zero-order chi connectivity index (χ0) is 13.4. The summed E-state index contributed by atoms with van der Waals surface area (Å²) >= 11 is 11.7. The van der Waals surface area contributed by atoms with Crippen molar-refractivity contribution in [2.75, 3.05) is 6.54 Å². The van der Waals surface area contributed by atoms with Crippen molar-refractivity contribution in [1.29, 1.82) is 0 Å². The highest BCUT2D eigenvalue weighted by molar-refractivity contribution is 6.35. The van der Waals surface area contributed by atoms with Crippen LogP contribution in [-0.2, 0) is 0 Å². The van der Waals surface area contributed by atoms with Gasteiger partial charge < -0.3 is 9.88 Å². The summed E-state index contributed by atoms with van der Waals surface area (Å²) in [5.41, 5.74) is 1.76. The van der Waals surface area contributed by atoms with E-state index < -0.39 is 5.82 Å². The average Bonchev–Trinajstić information content (AvgIpc) is 3.04. The molecule has 1 N–H and O–H groups in total. The molecule has 1 unspecified atom stereocenters. The number of nitrogens with one attached hydrogen (secondary N) is 1. The Bertz CT molecular complexity index is 583. The highest BCUT2D eigenvalue weighted by Crippen LogP contribution is 2.30. The molecule has 6 heteroatoms. The molecule has 1 atom stereocenters. The lowest BCUT2D eigenvalue weighted by Crippen LogP contribution is -2.16. The van der Waals surface area contributed by atoms with E-state index in [9.17, 15) is 4.39 Å². The summed E-state index contributed by atoms with van der Waals surface area (Å²) in [4.78, 5) is 4.17. The SMILES string of the molecule is Fc1c(Cl)cc(-n2cncc2C2CCCN2)cc1Cl. The van der Waals surface area contributed by atoms with Crippen molar-refractivity contribution in [3.63, 3.8) is 0 Å². The van der Waals surface area contributed by atoms with Gasteiger partial charge in [0.2, 0.25) is 0 Å². The predicted octanol–water partition coefficient (Wildman–Crippen LogP) is 3.74. The summed E-state index contributed by atoms with van der Waals surface area (Å²) in [5.74, 6) is -0.590. The molecule has 1 aromatic carbocycles. The van der Waals surface area contributed by atoms with Crippen molar-refractivity contribution in [3.8, 4) is 5.69 Å². The minimum Gasteiger partial charge on any atom is -0.309 e. The van der Waals surface area contributed by atoms with Crippen molar-refractivity contribution in [1.82, 2.24) is 14.9 Å².